The highest BCUT2D eigenvalue weighted by molar-refractivity contribution is 5.76. The van der Waals surface area contributed by atoms with Crippen molar-refractivity contribution in [3.8, 4) is 11.4 Å². The number of aromatic nitrogens is 2. The number of rotatable bonds is 5. The third kappa shape index (κ3) is 4.23. The Bertz CT molecular complexity index is 880. The summed E-state index contributed by atoms with van der Waals surface area (Å²) in [5.74, 6) is 1.11. The van der Waals surface area contributed by atoms with Gasteiger partial charge in [-0.3, -0.25) is 4.79 Å². The maximum Gasteiger partial charge on any atom is 0.227 e. The summed E-state index contributed by atoms with van der Waals surface area (Å²) in [6, 6.07) is 19.7. The first-order chi connectivity index (χ1) is 13.3. The Morgan fingerprint density at radius 3 is 2.59 bits per heavy atom. The zero-order valence-corrected chi connectivity index (χ0v) is 15.0. The minimum Gasteiger partial charge on any atom is -0.370 e. The average Bonchev–Trinajstić information content (AvgIpc) is 3.22. The number of amides is 1. The van der Waals surface area contributed by atoms with Gasteiger partial charge in [0.25, 0.3) is 0 Å². The fourth-order valence-electron chi connectivity index (χ4n) is 3.18. The summed E-state index contributed by atoms with van der Waals surface area (Å²) in [7, 11) is 0. The maximum atomic E-state index is 12.6. The first-order valence-corrected chi connectivity index (χ1v) is 9.12. The molecule has 1 amide bonds. The molecule has 0 N–H and O–H groups in total. The van der Waals surface area contributed by atoms with Gasteiger partial charge < -0.3 is 14.2 Å². The van der Waals surface area contributed by atoms with Crippen LogP contribution in [0, 0.1) is 0 Å². The molecule has 27 heavy (non-hydrogen) atoms. The van der Waals surface area contributed by atoms with Gasteiger partial charge in [0.15, 0.2) is 0 Å². The van der Waals surface area contributed by atoms with Crippen LogP contribution in [0.4, 0.5) is 0 Å². The highest BCUT2D eigenvalue weighted by Gasteiger charge is 2.25. The molecule has 1 saturated heterocycles. The van der Waals surface area contributed by atoms with E-state index in [0.29, 0.717) is 44.3 Å². The molecule has 0 spiro atoms. The number of carbonyl (C=O) groups excluding carboxylic acids is 1. The normalized spacial score (nSPS) is 17.0. The van der Waals surface area contributed by atoms with E-state index in [1.54, 1.807) is 0 Å². The van der Waals surface area contributed by atoms with E-state index in [2.05, 4.69) is 10.1 Å². The third-order valence-electron chi connectivity index (χ3n) is 4.64. The summed E-state index contributed by atoms with van der Waals surface area (Å²) in [5.41, 5.74) is 2.00. The fraction of sp³-hybridized carbons (Fsp3) is 0.286. The minimum atomic E-state index is -0.0722. The summed E-state index contributed by atoms with van der Waals surface area (Å²) in [6.07, 6.45) is 0.709. The number of hydrogen-bond acceptors (Lipinski definition) is 5. The van der Waals surface area contributed by atoms with E-state index in [0.717, 1.165) is 11.1 Å². The van der Waals surface area contributed by atoms with E-state index in [4.69, 9.17) is 9.26 Å². The largest absolute Gasteiger partial charge is 0.370 e. The zero-order valence-electron chi connectivity index (χ0n) is 15.0. The molecule has 1 aliphatic rings. The van der Waals surface area contributed by atoms with Crippen molar-refractivity contribution in [2.45, 2.75) is 18.9 Å². The number of carbonyl (C=O) groups is 1. The highest BCUT2D eigenvalue weighted by Crippen LogP contribution is 2.22. The summed E-state index contributed by atoms with van der Waals surface area (Å²) in [4.78, 5) is 18.8. The molecule has 0 aliphatic carbocycles. The molecule has 0 unspecified atom stereocenters. The second-order valence-corrected chi connectivity index (χ2v) is 6.49. The molecule has 1 fully saturated rings. The van der Waals surface area contributed by atoms with E-state index < -0.39 is 0 Å². The van der Waals surface area contributed by atoms with Gasteiger partial charge in [-0.1, -0.05) is 65.8 Å². The number of nitrogens with zero attached hydrogens (tertiary/aromatic N) is 3. The van der Waals surface area contributed by atoms with E-state index in [1.165, 1.54) is 0 Å². The van der Waals surface area contributed by atoms with Crippen molar-refractivity contribution >= 4 is 5.91 Å². The zero-order chi connectivity index (χ0) is 18.5. The second kappa shape index (κ2) is 8.14. The third-order valence-corrected chi connectivity index (χ3v) is 4.64. The van der Waals surface area contributed by atoms with Gasteiger partial charge in [-0.2, -0.15) is 4.98 Å². The Hall–Kier alpha value is -2.99. The van der Waals surface area contributed by atoms with E-state index in [-0.39, 0.29) is 12.0 Å². The van der Waals surface area contributed by atoms with Crippen LogP contribution in [0.25, 0.3) is 11.4 Å². The molecule has 1 atom stereocenters. The molecule has 2 aromatic carbocycles. The lowest BCUT2D eigenvalue weighted by Gasteiger charge is -2.33. The molecular weight excluding hydrogens is 342 g/mol. The SMILES string of the molecule is O=C(CCc1nc(-c2ccccc2)no1)N1CCO[C@H](c2ccccc2)C1. The number of ether oxygens (including phenoxy) is 1. The Kier molecular flexibility index (Phi) is 5.25. The Labute approximate surface area is 157 Å². The second-order valence-electron chi connectivity index (χ2n) is 6.49. The standard InChI is InChI=1S/C21H21N3O3/c25-20(24-13-14-26-18(15-24)16-7-3-1-4-8-16)12-11-19-22-21(23-27-19)17-9-5-2-6-10-17/h1-10,18H,11-15H2/t18-/m0/s1. The van der Waals surface area contributed by atoms with Crippen molar-refractivity contribution in [3.63, 3.8) is 0 Å². The Morgan fingerprint density at radius 2 is 1.81 bits per heavy atom. The number of aryl methyl sites for hydroxylation is 1. The maximum absolute atomic E-state index is 12.6. The van der Waals surface area contributed by atoms with Gasteiger partial charge in [0.1, 0.15) is 6.10 Å². The molecule has 0 radical (unpaired) electrons. The molecule has 138 valence electrons. The van der Waals surface area contributed by atoms with Gasteiger partial charge in [-0.05, 0) is 5.56 Å². The van der Waals surface area contributed by atoms with E-state index in [1.807, 2.05) is 65.6 Å². The van der Waals surface area contributed by atoms with Crippen molar-refractivity contribution in [1.29, 1.82) is 0 Å². The van der Waals surface area contributed by atoms with Crippen LogP contribution in [0.1, 0.15) is 24.0 Å². The van der Waals surface area contributed by atoms with Crippen molar-refractivity contribution in [3.05, 3.63) is 72.1 Å². The van der Waals surface area contributed by atoms with Crippen LogP contribution < -0.4 is 0 Å². The first-order valence-electron chi connectivity index (χ1n) is 9.12. The summed E-state index contributed by atoms with van der Waals surface area (Å²) in [6.45, 7) is 1.73. The van der Waals surface area contributed by atoms with Gasteiger partial charge in [0, 0.05) is 24.9 Å². The highest BCUT2D eigenvalue weighted by atomic mass is 16.5. The quantitative estimate of drug-likeness (QED) is 0.696. The fourth-order valence-corrected chi connectivity index (χ4v) is 3.18. The van der Waals surface area contributed by atoms with Crippen LogP contribution in [0.15, 0.2) is 65.2 Å². The van der Waals surface area contributed by atoms with Gasteiger partial charge >= 0.3 is 0 Å². The lowest BCUT2D eigenvalue weighted by atomic mass is 10.1. The molecule has 0 saturated carbocycles. The molecular formula is C21H21N3O3. The average molecular weight is 363 g/mol. The minimum absolute atomic E-state index is 0.0722. The smallest absolute Gasteiger partial charge is 0.227 e. The van der Waals surface area contributed by atoms with Crippen molar-refractivity contribution in [2.75, 3.05) is 19.7 Å². The van der Waals surface area contributed by atoms with Crippen LogP contribution in [0.5, 0.6) is 0 Å². The topological polar surface area (TPSA) is 68.5 Å². The van der Waals surface area contributed by atoms with Gasteiger partial charge in [0.2, 0.25) is 17.6 Å². The molecule has 1 aromatic heterocycles. The first kappa shape index (κ1) is 17.4. The summed E-state index contributed by atoms with van der Waals surface area (Å²) in [5, 5.41) is 4.00. The number of morpholine rings is 1. The molecule has 0 bridgehead atoms. The van der Waals surface area contributed by atoms with Gasteiger partial charge in [0.05, 0.1) is 13.2 Å². The summed E-state index contributed by atoms with van der Waals surface area (Å²) >= 11 is 0. The van der Waals surface area contributed by atoms with Crippen LogP contribution in [0.3, 0.4) is 0 Å². The summed E-state index contributed by atoms with van der Waals surface area (Å²) < 4.78 is 11.1. The monoisotopic (exact) mass is 363 g/mol. The van der Waals surface area contributed by atoms with Crippen LogP contribution in [-0.4, -0.2) is 40.6 Å². The predicted octanol–water partition coefficient (Wildman–Crippen LogP) is 3.27. The molecule has 2 heterocycles. The Balaban J connectivity index is 1.33. The Morgan fingerprint density at radius 1 is 1.07 bits per heavy atom. The van der Waals surface area contributed by atoms with Crippen LogP contribution in [-0.2, 0) is 16.0 Å². The number of hydrogen-bond donors (Lipinski definition) is 0. The van der Waals surface area contributed by atoms with Crippen molar-refractivity contribution in [2.24, 2.45) is 0 Å². The van der Waals surface area contributed by atoms with Gasteiger partial charge in [-0.25, -0.2) is 0 Å². The van der Waals surface area contributed by atoms with Crippen molar-refractivity contribution < 1.29 is 14.1 Å². The molecule has 3 aromatic rings. The molecule has 1 aliphatic heterocycles. The van der Waals surface area contributed by atoms with E-state index >= 15 is 0 Å². The van der Waals surface area contributed by atoms with E-state index in [9.17, 15) is 4.79 Å². The molecule has 4 rings (SSSR count). The lowest BCUT2D eigenvalue weighted by molar-refractivity contribution is -0.139. The lowest BCUT2D eigenvalue weighted by Crippen LogP contribution is -2.42. The van der Waals surface area contributed by atoms with Crippen molar-refractivity contribution in [1.82, 2.24) is 15.0 Å². The van der Waals surface area contributed by atoms with Gasteiger partial charge in [-0.15, -0.1) is 0 Å². The molecule has 6 nitrogen and oxygen atoms in total. The molecule has 6 heteroatoms. The van der Waals surface area contributed by atoms with Crippen LogP contribution >= 0.6 is 0 Å². The number of benzene rings is 2. The predicted molar refractivity (Wildman–Crippen MR) is 99.8 cm³/mol. The van der Waals surface area contributed by atoms with Crippen LogP contribution in [0.2, 0.25) is 0 Å².